The maximum atomic E-state index is 2.45. The van der Waals surface area contributed by atoms with Gasteiger partial charge in [-0.15, -0.1) is 0 Å². The quantitative estimate of drug-likeness (QED) is 0.563. The van der Waals surface area contributed by atoms with Crippen LogP contribution in [0.15, 0.2) is 0 Å². The minimum atomic E-state index is 0.418. The predicted octanol–water partition coefficient (Wildman–Crippen LogP) is 5.52. The van der Waals surface area contributed by atoms with Crippen LogP contribution in [0.3, 0.4) is 0 Å². The second-order valence-corrected chi connectivity index (χ2v) is 6.54. The Labute approximate surface area is 97.8 Å². The van der Waals surface area contributed by atoms with E-state index in [1.165, 1.54) is 19.3 Å². The summed E-state index contributed by atoms with van der Waals surface area (Å²) in [5.41, 5.74) is 0.928. The Balaban J connectivity index is 5.15. The van der Waals surface area contributed by atoms with Crippen LogP contribution in [0.5, 0.6) is 0 Å². The first-order valence-corrected chi connectivity index (χ1v) is 6.73. The van der Waals surface area contributed by atoms with Crippen molar-refractivity contribution in [1.29, 1.82) is 0 Å². The lowest BCUT2D eigenvalue weighted by molar-refractivity contribution is -0.0134. The van der Waals surface area contributed by atoms with Crippen molar-refractivity contribution < 1.29 is 0 Å². The molecule has 15 heavy (non-hydrogen) atoms. The van der Waals surface area contributed by atoms with Crippen LogP contribution in [0.4, 0.5) is 0 Å². The van der Waals surface area contributed by atoms with E-state index in [4.69, 9.17) is 0 Å². The van der Waals surface area contributed by atoms with Gasteiger partial charge in [0, 0.05) is 0 Å². The first kappa shape index (κ1) is 15.0. The van der Waals surface area contributed by atoms with Crippen LogP contribution in [0.2, 0.25) is 0 Å². The lowest BCUT2D eigenvalue weighted by Crippen LogP contribution is -2.42. The van der Waals surface area contributed by atoms with E-state index in [2.05, 4.69) is 55.4 Å². The highest BCUT2D eigenvalue weighted by molar-refractivity contribution is 4.93. The van der Waals surface area contributed by atoms with E-state index in [0.29, 0.717) is 10.8 Å². The molecule has 92 valence electrons. The van der Waals surface area contributed by atoms with Crippen molar-refractivity contribution >= 4 is 0 Å². The minimum Gasteiger partial charge on any atom is -0.0654 e. The van der Waals surface area contributed by atoms with Gasteiger partial charge in [0.2, 0.25) is 0 Å². The van der Waals surface area contributed by atoms with Crippen molar-refractivity contribution in [3.05, 3.63) is 0 Å². The van der Waals surface area contributed by atoms with Crippen LogP contribution in [-0.4, -0.2) is 0 Å². The standard InChI is InChI=1S/C15H32/c1-9-11-15(10-2,14(6,7)8)13(5)12(3)4/h12-13H,9-11H2,1-8H3. The molecule has 0 saturated carbocycles. The summed E-state index contributed by atoms with van der Waals surface area (Å²) in [7, 11) is 0. The van der Waals surface area contributed by atoms with Crippen LogP contribution in [0, 0.1) is 22.7 Å². The van der Waals surface area contributed by atoms with Gasteiger partial charge < -0.3 is 0 Å². The summed E-state index contributed by atoms with van der Waals surface area (Å²) in [6, 6.07) is 0. The van der Waals surface area contributed by atoms with Gasteiger partial charge >= 0.3 is 0 Å². The molecule has 0 saturated heterocycles. The second-order valence-electron chi connectivity index (χ2n) is 6.54. The first-order valence-electron chi connectivity index (χ1n) is 6.73. The summed E-state index contributed by atoms with van der Waals surface area (Å²) in [6.45, 7) is 19.2. The fourth-order valence-electron chi connectivity index (χ4n) is 3.40. The largest absolute Gasteiger partial charge is 0.0654 e. The zero-order chi connectivity index (χ0) is 12.3. The molecule has 0 aliphatic rings. The summed E-state index contributed by atoms with van der Waals surface area (Å²) in [5, 5.41) is 0. The molecule has 0 rings (SSSR count). The van der Waals surface area contributed by atoms with Gasteiger partial charge in [-0.05, 0) is 35.5 Å². The molecule has 0 bridgehead atoms. The summed E-state index contributed by atoms with van der Waals surface area (Å²) < 4.78 is 0. The van der Waals surface area contributed by atoms with Crippen molar-refractivity contribution in [2.45, 2.75) is 74.7 Å². The molecule has 2 atom stereocenters. The van der Waals surface area contributed by atoms with E-state index in [1.54, 1.807) is 0 Å². The van der Waals surface area contributed by atoms with Crippen molar-refractivity contribution in [3.8, 4) is 0 Å². The lowest BCUT2D eigenvalue weighted by atomic mass is 9.54. The second kappa shape index (κ2) is 5.37. The molecular formula is C15H32. The van der Waals surface area contributed by atoms with Crippen molar-refractivity contribution in [3.63, 3.8) is 0 Å². The Bertz CT molecular complexity index is 173. The van der Waals surface area contributed by atoms with Crippen molar-refractivity contribution in [1.82, 2.24) is 0 Å². The van der Waals surface area contributed by atoms with Gasteiger partial charge in [0.1, 0.15) is 0 Å². The van der Waals surface area contributed by atoms with Crippen LogP contribution in [0.1, 0.15) is 74.7 Å². The minimum absolute atomic E-state index is 0.418. The molecule has 0 aromatic rings. The lowest BCUT2D eigenvalue weighted by Gasteiger charge is -2.51. The van der Waals surface area contributed by atoms with Crippen molar-refractivity contribution in [2.24, 2.45) is 22.7 Å². The molecule has 0 aliphatic carbocycles. The van der Waals surface area contributed by atoms with Crippen LogP contribution in [-0.2, 0) is 0 Å². The summed E-state index contributed by atoms with van der Waals surface area (Å²) >= 11 is 0. The molecule has 0 fully saturated rings. The maximum Gasteiger partial charge on any atom is -0.0223 e. The van der Waals surface area contributed by atoms with Gasteiger partial charge in [-0.3, -0.25) is 0 Å². The Morgan fingerprint density at radius 2 is 1.40 bits per heavy atom. The maximum absolute atomic E-state index is 2.45. The smallest absolute Gasteiger partial charge is 0.0223 e. The van der Waals surface area contributed by atoms with Gasteiger partial charge in [0.05, 0.1) is 0 Å². The molecular weight excluding hydrogens is 180 g/mol. The van der Waals surface area contributed by atoms with Gasteiger partial charge in [-0.1, -0.05) is 61.8 Å². The molecule has 0 aliphatic heterocycles. The highest BCUT2D eigenvalue weighted by Gasteiger charge is 2.44. The number of hydrogen-bond acceptors (Lipinski definition) is 0. The van der Waals surface area contributed by atoms with Gasteiger partial charge in [-0.2, -0.15) is 0 Å². The molecule has 0 heterocycles. The molecule has 0 nitrogen and oxygen atoms in total. The molecule has 0 N–H and O–H groups in total. The SMILES string of the molecule is CCCC(CC)(C(C)C(C)C)C(C)(C)C. The van der Waals surface area contributed by atoms with E-state index >= 15 is 0 Å². The fraction of sp³-hybridized carbons (Fsp3) is 1.00. The molecule has 0 amide bonds. The van der Waals surface area contributed by atoms with Crippen LogP contribution in [0.25, 0.3) is 0 Å². The van der Waals surface area contributed by atoms with Crippen molar-refractivity contribution in [2.75, 3.05) is 0 Å². The fourth-order valence-corrected chi connectivity index (χ4v) is 3.40. The average molecular weight is 212 g/mol. The third-order valence-electron chi connectivity index (χ3n) is 4.69. The van der Waals surface area contributed by atoms with Crippen LogP contribution >= 0.6 is 0 Å². The summed E-state index contributed by atoms with van der Waals surface area (Å²) in [6.07, 6.45) is 3.98. The Hall–Kier alpha value is 0. The van der Waals surface area contributed by atoms with Crippen LogP contribution < -0.4 is 0 Å². The third-order valence-corrected chi connectivity index (χ3v) is 4.69. The van der Waals surface area contributed by atoms with E-state index < -0.39 is 0 Å². The number of rotatable bonds is 5. The zero-order valence-corrected chi connectivity index (χ0v) is 12.3. The molecule has 0 aromatic carbocycles. The highest BCUT2D eigenvalue weighted by Crippen LogP contribution is 2.52. The van der Waals surface area contributed by atoms with Gasteiger partial charge in [-0.25, -0.2) is 0 Å². The third kappa shape index (κ3) is 2.98. The summed E-state index contributed by atoms with van der Waals surface area (Å²) in [5.74, 6) is 1.60. The first-order chi connectivity index (χ1) is 6.73. The molecule has 0 heteroatoms. The molecule has 0 radical (unpaired) electrons. The average Bonchev–Trinajstić information content (AvgIpc) is 2.10. The van der Waals surface area contributed by atoms with Gasteiger partial charge in [0.15, 0.2) is 0 Å². The Morgan fingerprint density at radius 1 is 0.933 bits per heavy atom. The molecule has 0 aromatic heterocycles. The zero-order valence-electron chi connectivity index (χ0n) is 12.3. The highest BCUT2D eigenvalue weighted by atomic mass is 14.5. The normalized spacial score (nSPS) is 19.0. The topological polar surface area (TPSA) is 0 Å². The van der Waals surface area contributed by atoms with E-state index in [-0.39, 0.29) is 0 Å². The molecule has 0 spiro atoms. The van der Waals surface area contributed by atoms with E-state index in [9.17, 15) is 0 Å². The van der Waals surface area contributed by atoms with E-state index in [1.807, 2.05) is 0 Å². The van der Waals surface area contributed by atoms with Gasteiger partial charge in [0.25, 0.3) is 0 Å². The molecule has 2 unspecified atom stereocenters. The number of hydrogen-bond donors (Lipinski definition) is 0. The Kier molecular flexibility index (Phi) is 5.37. The summed E-state index contributed by atoms with van der Waals surface area (Å²) in [4.78, 5) is 0. The predicted molar refractivity (Wildman–Crippen MR) is 71.1 cm³/mol. The Morgan fingerprint density at radius 3 is 1.60 bits per heavy atom. The monoisotopic (exact) mass is 212 g/mol. The van der Waals surface area contributed by atoms with E-state index in [0.717, 1.165) is 11.8 Å².